The zero-order valence-electron chi connectivity index (χ0n) is 24.1. The summed E-state index contributed by atoms with van der Waals surface area (Å²) in [7, 11) is -0.852. The van der Waals surface area contributed by atoms with Crippen LogP contribution in [0.15, 0.2) is 72.3 Å². The number of imide groups is 1. The molecule has 0 aliphatic carbocycles. The molecule has 7 nitrogen and oxygen atoms in total. The minimum Gasteiger partial charge on any atom is -0.543 e. The van der Waals surface area contributed by atoms with Gasteiger partial charge < -0.3 is 13.9 Å². The zero-order valence-corrected chi connectivity index (χ0v) is 25.9. The summed E-state index contributed by atoms with van der Waals surface area (Å²) in [6.45, 7) is 10.9. The first-order chi connectivity index (χ1) is 19.3. The van der Waals surface area contributed by atoms with E-state index in [4.69, 9.17) is 25.5 Å². The number of para-hydroxylation sites is 1. The lowest BCUT2D eigenvalue weighted by Gasteiger charge is -2.37. The van der Waals surface area contributed by atoms with Crippen molar-refractivity contribution in [1.29, 1.82) is 0 Å². The smallest absolute Gasteiger partial charge is 0.337 e. The van der Waals surface area contributed by atoms with Crippen LogP contribution >= 0.6 is 11.6 Å². The first-order valence-corrected chi connectivity index (χ1v) is 16.5. The van der Waals surface area contributed by atoms with Gasteiger partial charge in [0.25, 0.3) is 5.91 Å². The summed E-state index contributed by atoms with van der Waals surface area (Å²) < 4.78 is 17.7. The fourth-order valence-corrected chi connectivity index (χ4v) is 5.34. The van der Waals surface area contributed by atoms with Gasteiger partial charge in [-0.1, -0.05) is 56.6 Å². The van der Waals surface area contributed by atoms with Crippen LogP contribution in [0.4, 0.5) is 5.69 Å². The Labute approximate surface area is 246 Å². The summed E-state index contributed by atoms with van der Waals surface area (Å²) in [6, 6.07) is 19.1. The van der Waals surface area contributed by atoms with Crippen molar-refractivity contribution < 1.29 is 28.3 Å². The highest BCUT2D eigenvalue weighted by Crippen LogP contribution is 2.39. The number of amides is 2. The van der Waals surface area contributed by atoms with E-state index in [9.17, 15) is 14.4 Å². The van der Waals surface area contributed by atoms with Gasteiger partial charge in [0.05, 0.1) is 24.8 Å². The number of anilines is 1. The Morgan fingerprint density at radius 1 is 1.00 bits per heavy atom. The van der Waals surface area contributed by atoms with E-state index in [1.165, 1.54) is 7.11 Å². The summed E-state index contributed by atoms with van der Waals surface area (Å²) >= 11 is 6.08. The number of methoxy groups -OCH3 is 1. The van der Waals surface area contributed by atoms with E-state index in [1.54, 1.807) is 54.6 Å². The van der Waals surface area contributed by atoms with Crippen molar-refractivity contribution in [2.75, 3.05) is 12.0 Å². The summed E-state index contributed by atoms with van der Waals surface area (Å²) in [4.78, 5) is 39.4. The van der Waals surface area contributed by atoms with Gasteiger partial charge in [-0.15, -0.1) is 0 Å². The molecule has 4 rings (SSSR count). The van der Waals surface area contributed by atoms with Crippen molar-refractivity contribution in [3.05, 3.63) is 94.0 Å². The van der Waals surface area contributed by atoms with E-state index >= 15 is 0 Å². The number of carbonyl (C=O) groups is 3. The van der Waals surface area contributed by atoms with Gasteiger partial charge in [-0.2, -0.15) is 0 Å². The van der Waals surface area contributed by atoms with Crippen LogP contribution in [0.2, 0.25) is 23.2 Å². The number of esters is 1. The largest absolute Gasteiger partial charge is 0.543 e. The first kappa shape index (κ1) is 30.1. The van der Waals surface area contributed by atoms with Gasteiger partial charge in [-0.25, -0.2) is 9.69 Å². The fourth-order valence-electron chi connectivity index (χ4n) is 4.10. The minimum atomic E-state index is -2.19. The lowest BCUT2D eigenvalue weighted by molar-refractivity contribution is -0.120. The predicted molar refractivity (Wildman–Crippen MR) is 163 cm³/mol. The molecule has 1 fully saturated rings. The van der Waals surface area contributed by atoms with Gasteiger partial charge in [-0.3, -0.25) is 9.59 Å². The predicted octanol–water partition coefficient (Wildman–Crippen LogP) is 7.44. The number of halogens is 1. The van der Waals surface area contributed by atoms with E-state index < -0.39 is 20.2 Å². The standard InChI is InChI=1S/C32H34ClNO6Si/c1-32(2,3)41(5,6)40-28-15-14-22(31(37)38-4)17-24(28)20-39-27-13-8-7-10-21(27)16-23-18-29(35)34(30(23)36)26-12-9-11-25(33)19-26/h7-17,19H,18,20H2,1-6H3/b23-16+. The number of benzene rings is 3. The molecule has 0 unspecified atom stereocenters. The van der Waals surface area contributed by atoms with Gasteiger partial charge in [0, 0.05) is 21.7 Å². The molecule has 0 N–H and O–H groups in total. The van der Waals surface area contributed by atoms with Crippen LogP contribution in [0, 0.1) is 0 Å². The Kier molecular flexibility index (Phi) is 8.75. The molecule has 9 heteroatoms. The molecule has 0 radical (unpaired) electrons. The second kappa shape index (κ2) is 11.9. The van der Waals surface area contributed by atoms with Gasteiger partial charge in [0.15, 0.2) is 0 Å². The number of hydrogen-bond acceptors (Lipinski definition) is 6. The van der Waals surface area contributed by atoms with Crippen molar-refractivity contribution in [3.8, 4) is 11.5 Å². The summed E-state index contributed by atoms with van der Waals surface area (Å²) in [6.07, 6.45) is 1.64. The molecule has 1 aliphatic heterocycles. The minimum absolute atomic E-state index is 0.0326. The molecule has 3 aromatic carbocycles. The Morgan fingerprint density at radius 2 is 1.73 bits per heavy atom. The summed E-state index contributed by atoms with van der Waals surface area (Å²) in [5.74, 6) is -0.0159. The lowest BCUT2D eigenvalue weighted by Crippen LogP contribution is -2.44. The number of rotatable bonds is 8. The van der Waals surface area contributed by atoms with Gasteiger partial charge in [0.2, 0.25) is 14.2 Å². The second-order valence-electron chi connectivity index (χ2n) is 11.4. The van der Waals surface area contributed by atoms with E-state index in [-0.39, 0.29) is 24.0 Å². The molecule has 0 spiro atoms. The molecule has 0 aromatic heterocycles. The molecule has 41 heavy (non-hydrogen) atoms. The van der Waals surface area contributed by atoms with Crippen molar-refractivity contribution >= 4 is 49.5 Å². The number of nitrogens with zero attached hydrogens (tertiary/aromatic N) is 1. The zero-order chi connectivity index (χ0) is 29.9. The third-order valence-corrected chi connectivity index (χ3v) is 12.0. The summed E-state index contributed by atoms with van der Waals surface area (Å²) in [5, 5.41) is 0.405. The monoisotopic (exact) mass is 591 g/mol. The Hall–Kier alpha value is -3.88. The van der Waals surface area contributed by atoms with E-state index in [1.807, 2.05) is 18.2 Å². The number of carbonyl (C=O) groups excluding carboxylic acids is 3. The van der Waals surface area contributed by atoms with Crippen LogP contribution < -0.4 is 14.1 Å². The summed E-state index contributed by atoms with van der Waals surface area (Å²) in [5.41, 5.74) is 2.51. The van der Waals surface area contributed by atoms with Crippen LogP contribution in [-0.2, 0) is 20.9 Å². The Balaban J connectivity index is 1.62. The average Bonchev–Trinajstić information content (AvgIpc) is 3.19. The molecule has 0 atom stereocenters. The fraction of sp³-hybridized carbons (Fsp3) is 0.281. The molecule has 3 aromatic rings. The first-order valence-electron chi connectivity index (χ1n) is 13.3. The average molecular weight is 592 g/mol. The third-order valence-electron chi connectivity index (χ3n) is 7.42. The molecular formula is C32H34ClNO6Si. The van der Waals surface area contributed by atoms with Crippen molar-refractivity contribution in [2.24, 2.45) is 0 Å². The highest BCUT2D eigenvalue weighted by Gasteiger charge is 2.39. The quantitative estimate of drug-likeness (QED) is 0.117. The molecule has 1 heterocycles. The van der Waals surface area contributed by atoms with Crippen molar-refractivity contribution in [2.45, 2.75) is 51.9 Å². The van der Waals surface area contributed by atoms with Crippen LogP contribution in [0.1, 0.15) is 48.7 Å². The molecule has 1 aliphatic rings. The molecule has 2 amide bonds. The highest BCUT2D eigenvalue weighted by molar-refractivity contribution is 6.74. The van der Waals surface area contributed by atoms with E-state index in [2.05, 4.69) is 33.9 Å². The maximum Gasteiger partial charge on any atom is 0.337 e. The van der Waals surface area contributed by atoms with Crippen molar-refractivity contribution in [3.63, 3.8) is 0 Å². The molecule has 1 saturated heterocycles. The normalized spacial score (nSPS) is 14.9. The van der Waals surface area contributed by atoms with Gasteiger partial charge in [-0.05, 0) is 66.7 Å². The van der Waals surface area contributed by atoms with Crippen molar-refractivity contribution in [1.82, 2.24) is 0 Å². The Morgan fingerprint density at radius 3 is 2.41 bits per heavy atom. The maximum absolute atomic E-state index is 13.2. The lowest BCUT2D eigenvalue weighted by atomic mass is 10.1. The van der Waals surface area contributed by atoms with Crippen LogP contribution in [0.5, 0.6) is 11.5 Å². The van der Waals surface area contributed by atoms with Crippen LogP contribution in [0.3, 0.4) is 0 Å². The Bertz CT molecular complexity index is 1520. The number of hydrogen-bond donors (Lipinski definition) is 0. The van der Waals surface area contributed by atoms with Gasteiger partial charge >= 0.3 is 5.97 Å². The molecular weight excluding hydrogens is 558 g/mol. The third kappa shape index (κ3) is 6.72. The molecule has 214 valence electrons. The van der Waals surface area contributed by atoms with E-state index in [0.717, 1.165) is 4.90 Å². The van der Waals surface area contributed by atoms with Crippen LogP contribution in [0.25, 0.3) is 6.08 Å². The van der Waals surface area contributed by atoms with Gasteiger partial charge in [0.1, 0.15) is 18.1 Å². The van der Waals surface area contributed by atoms with Crippen LogP contribution in [-0.4, -0.2) is 33.2 Å². The topological polar surface area (TPSA) is 82.1 Å². The highest BCUT2D eigenvalue weighted by atomic mass is 35.5. The van der Waals surface area contributed by atoms with E-state index in [0.29, 0.717) is 44.5 Å². The maximum atomic E-state index is 13.2. The molecule has 0 saturated carbocycles. The SMILES string of the molecule is COC(=O)c1ccc(O[Si](C)(C)C(C)(C)C)c(COc2ccccc2/C=C2\CC(=O)N(c3cccc(Cl)c3)C2=O)c1. The molecule has 0 bridgehead atoms. The second-order valence-corrected chi connectivity index (χ2v) is 16.5. The number of ether oxygens (including phenoxy) is 2.